The summed E-state index contributed by atoms with van der Waals surface area (Å²) < 4.78 is 38.6. The Bertz CT molecular complexity index is 711. The number of hydrogen-bond acceptors (Lipinski definition) is 1. The molecule has 2 aromatic rings. The van der Waals surface area contributed by atoms with Gasteiger partial charge in [0.2, 0.25) is 5.91 Å². The second kappa shape index (κ2) is 6.79. The van der Waals surface area contributed by atoms with Crippen LogP contribution >= 0.6 is 15.9 Å². The number of rotatable bonds is 3. The van der Waals surface area contributed by atoms with Crippen LogP contribution in [0.5, 0.6) is 0 Å². The maximum atomic E-state index is 12.6. The molecule has 0 radical (unpaired) electrons. The molecule has 114 valence electrons. The van der Waals surface area contributed by atoms with Crippen molar-refractivity contribution in [2.24, 2.45) is 0 Å². The first-order valence-electron chi connectivity index (χ1n) is 6.26. The Morgan fingerprint density at radius 2 is 1.82 bits per heavy atom. The van der Waals surface area contributed by atoms with Gasteiger partial charge in [0, 0.05) is 16.2 Å². The van der Waals surface area contributed by atoms with Gasteiger partial charge in [-0.3, -0.25) is 4.79 Å². The fourth-order valence-corrected chi connectivity index (χ4v) is 2.16. The number of carbonyl (C=O) groups excluding carboxylic acids is 1. The molecular weight excluding hydrogens is 359 g/mol. The first-order chi connectivity index (χ1) is 10.3. The third kappa shape index (κ3) is 4.73. The van der Waals surface area contributed by atoms with Crippen LogP contribution in [0.4, 0.5) is 18.9 Å². The van der Waals surface area contributed by atoms with Gasteiger partial charge in [0.15, 0.2) is 0 Å². The fourth-order valence-electron chi connectivity index (χ4n) is 1.74. The third-order valence-electron chi connectivity index (χ3n) is 2.73. The summed E-state index contributed by atoms with van der Waals surface area (Å²) in [5.41, 5.74) is 0.0913. The van der Waals surface area contributed by atoms with Crippen molar-refractivity contribution in [3.63, 3.8) is 0 Å². The van der Waals surface area contributed by atoms with Crippen LogP contribution in [0.1, 0.15) is 11.1 Å². The van der Waals surface area contributed by atoms with Crippen molar-refractivity contribution in [2.75, 3.05) is 5.32 Å². The fraction of sp³-hybridized carbons (Fsp3) is 0.0625. The van der Waals surface area contributed by atoms with Crippen molar-refractivity contribution >= 4 is 33.6 Å². The Kier molecular flexibility index (Phi) is 5.03. The first kappa shape index (κ1) is 16.3. The van der Waals surface area contributed by atoms with Gasteiger partial charge in [0.1, 0.15) is 0 Å². The summed E-state index contributed by atoms with van der Waals surface area (Å²) in [4.78, 5) is 11.7. The van der Waals surface area contributed by atoms with Crippen LogP contribution in [0, 0.1) is 0 Å². The Hall–Kier alpha value is -2.08. The number of alkyl halides is 3. The summed E-state index contributed by atoms with van der Waals surface area (Å²) in [5, 5.41) is 2.40. The molecule has 0 atom stereocenters. The summed E-state index contributed by atoms with van der Waals surface area (Å²) in [6.45, 7) is 0. The average Bonchev–Trinajstić information content (AvgIpc) is 2.45. The van der Waals surface area contributed by atoms with Gasteiger partial charge < -0.3 is 5.32 Å². The van der Waals surface area contributed by atoms with E-state index >= 15 is 0 Å². The van der Waals surface area contributed by atoms with Gasteiger partial charge in [-0.15, -0.1) is 0 Å². The summed E-state index contributed by atoms with van der Waals surface area (Å²) in [6, 6.07) is 11.8. The highest BCUT2D eigenvalue weighted by Crippen LogP contribution is 2.30. The van der Waals surface area contributed by atoms with Crippen molar-refractivity contribution in [3.05, 3.63) is 70.2 Å². The predicted molar refractivity (Wildman–Crippen MR) is 83.2 cm³/mol. The molecule has 0 aromatic heterocycles. The van der Waals surface area contributed by atoms with Crippen LogP contribution in [-0.2, 0) is 11.0 Å². The Morgan fingerprint density at radius 1 is 1.09 bits per heavy atom. The van der Waals surface area contributed by atoms with Crippen molar-refractivity contribution < 1.29 is 18.0 Å². The molecule has 0 heterocycles. The maximum Gasteiger partial charge on any atom is 0.416 e. The van der Waals surface area contributed by atoms with Gasteiger partial charge in [-0.1, -0.05) is 34.1 Å². The highest BCUT2D eigenvalue weighted by Gasteiger charge is 2.30. The Balaban J connectivity index is 2.06. The molecule has 0 aliphatic carbocycles. The van der Waals surface area contributed by atoms with E-state index in [0.717, 1.165) is 22.2 Å². The minimum Gasteiger partial charge on any atom is -0.322 e. The lowest BCUT2D eigenvalue weighted by atomic mass is 10.2. The SMILES string of the molecule is O=C(C=Cc1cccc(Br)c1)Nc1cccc(C(F)(F)F)c1. The van der Waals surface area contributed by atoms with Gasteiger partial charge in [0.25, 0.3) is 0 Å². The molecule has 0 aliphatic heterocycles. The number of hydrogen-bond donors (Lipinski definition) is 1. The lowest BCUT2D eigenvalue weighted by Gasteiger charge is -2.08. The molecule has 22 heavy (non-hydrogen) atoms. The van der Waals surface area contributed by atoms with Crippen molar-refractivity contribution in [1.82, 2.24) is 0 Å². The van der Waals surface area contributed by atoms with Crippen LogP contribution in [0.15, 0.2) is 59.1 Å². The molecule has 1 N–H and O–H groups in total. The smallest absolute Gasteiger partial charge is 0.322 e. The van der Waals surface area contributed by atoms with Gasteiger partial charge in [-0.25, -0.2) is 0 Å². The van der Waals surface area contributed by atoms with Crippen LogP contribution < -0.4 is 5.32 Å². The maximum absolute atomic E-state index is 12.6. The molecule has 6 heteroatoms. The van der Waals surface area contributed by atoms with E-state index in [9.17, 15) is 18.0 Å². The summed E-state index contributed by atoms with van der Waals surface area (Å²) in [6.07, 6.45) is -1.59. The number of benzene rings is 2. The zero-order valence-corrected chi connectivity index (χ0v) is 12.8. The van der Waals surface area contributed by atoms with Crippen LogP contribution in [0.3, 0.4) is 0 Å². The largest absolute Gasteiger partial charge is 0.416 e. The molecule has 0 spiro atoms. The quantitative estimate of drug-likeness (QED) is 0.747. The normalized spacial score (nSPS) is 11.6. The number of halogens is 4. The molecule has 0 saturated carbocycles. The first-order valence-corrected chi connectivity index (χ1v) is 7.06. The zero-order valence-electron chi connectivity index (χ0n) is 11.2. The topological polar surface area (TPSA) is 29.1 Å². The average molecular weight is 370 g/mol. The predicted octanol–water partition coefficient (Wildman–Crippen LogP) is 5.12. The number of anilines is 1. The number of nitrogens with one attached hydrogen (secondary N) is 1. The minimum atomic E-state index is -4.44. The van der Waals surface area contributed by atoms with E-state index in [1.807, 2.05) is 18.2 Å². The minimum absolute atomic E-state index is 0.0960. The van der Waals surface area contributed by atoms with E-state index < -0.39 is 17.6 Å². The number of carbonyl (C=O) groups is 1. The highest BCUT2D eigenvalue weighted by atomic mass is 79.9. The molecule has 2 nitrogen and oxygen atoms in total. The van der Waals surface area contributed by atoms with E-state index in [0.29, 0.717) is 0 Å². The van der Waals surface area contributed by atoms with Crippen LogP contribution in [-0.4, -0.2) is 5.91 Å². The van der Waals surface area contributed by atoms with Gasteiger partial charge >= 0.3 is 6.18 Å². The van der Waals surface area contributed by atoms with Gasteiger partial charge in [0.05, 0.1) is 5.56 Å². The molecule has 0 saturated heterocycles. The van der Waals surface area contributed by atoms with E-state index in [1.54, 1.807) is 12.1 Å². The van der Waals surface area contributed by atoms with Crippen molar-refractivity contribution in [2.45, 2.75) is 6.18 Å². The molecular formula is C16H11BrF3NO. The van der Waals surface area contributed by atoms with Gasteiger partial charge in [-0.2, -0.15) is 13.2 Å². The second-order valence-electron chi connectivity index (χ2n) is 4.46. The molecule has 2 aromatic carbocycles. The summed E-state index contributed by atoms with van der Waals surface area (Å²) in [5.74, 6) is -0.501. The molecule has 0 unspecified atom stereocenters. The van der Waals surface area contributed by atoms with Crippen molar-refractivity contribution in [3.8, 4) is 0 Å². The van der Waals surface area contributed by atoms with Crippen molar-refractivity contribution in [1.29, 1.82) is 0 Å². The molecule has 0 fully saturated rings. The Morgan fingerprint density at radius 3 is 2.50 bits per heavy atom. The molecule has 2 rings (SSSR count). The van der Waals surface area contributed by atoms with E-state index in [1.165, 1.54) is 18.2 Å². The zero-order chi connectivity index (χ0) is 16.2. The molecule has 0 aliphatic rings. The number of amides is 1. The standard InChI is InChI=1S/C16H11BrF3NO/c17-13-5-1-3-11(9-13)7-8-15(22)21-14-6-2-4-12(10-14)16(18,19)20/h1-10H,(H,21,22). The Labute approximate surface area is 133 Å². The van der Waals surface area contributed by atoms with E-state index in [-0.39, 0.29) is 5.69 Å². The van der Waals surface area contributed by atoms with E-state index in [2.05, 4.69) is 21.2 Å². The lowest BCUT2D eigenvalue weighted by molar-refractivity contribution is -0.137. The summed E-state index contributed by atoms with van der Waals surface area (Å²) >= 11 is 3.31. The highest BCUT2D eigenvalue weighted by molar-refractivity contribution is 9.10. The molecule has 0 bridgehead atoms. The summed E-state index contributed by atoms with van der Waals surface area (Å²) in [7, 11) is 0. The van der Waals surface area contributed by atoms with E-state index in [4.69, 9.17) is 0 Å². The van der Waals surface area contributed by atoms with Crippen LogP contribution in [0.25, 0.3) is 6.08 Å². The third-order valence-corrected chi connectivity index (χ3v) is 3.23. The lowest BCUT2D eigenvalue weighted by Crippen LogP contribution is -2.10. The second-order valence-corrected chi connectivity index (χ2v) is 5.37. The van der Waals surface area contributed by atoms with Crippen LogP contribution in [0.2, 0.25) is 0 Å². The van der Waals surface area contributed by atoms with Gasteiger partial charge in [-0.05, 0) is 42.0 Å². The monoisotopic (exact) mass is 369 g/mol. The molecule has 1 amide bonds.